The number of fused-ring (bicyclic) bond motifs is 1. The van der Waals surface area contributed by atoms with Gasteiger partial charge in [-0.1, -0.05) is 17.7 Å². The highest BCUT2D eigenvalue weighted by Crippen LogP contribution is 2.31. The largest absolute Gasteiger partial charge is 0.339 e. The van der Waals surface area contributed by atoms with Crippen LogP contribution in [0.1, 0.15) is 57.9 Å². The Morgan fingerprint density at radius 3 is 2.44 bits per heavy atom. The number of rotatable bonds is 3. The second-order valence-corrected chi connectivity index (χ2v) is 8.92. The van der Waals surface area contributed by atoms with Gasteiger partial charge < -0.3 is 9.80 Å². The van der Waals surface area contributed by atoms with Gasteiger partial charge in [0.15, 0.2) is 0 Å². The normalized spacial score (nSPS) is 17.3. The molecule has 0 N–H and O–H groups in total. The molecule has 0 saturated carbocycles. The number of benzene rings is 1. The van der Waals surface area contributed by atoms with Crippen molar-refractivity contribution in [3.05, 3.63) is 70.3 Å². The van der Waals surface area contributed by atoms with Crippen LogP contribution in [0.3, 0.4) is 0 Å². The summed E-state index contributed by atoms with van der Waals surface area (Å²) in [7, 11) is 0. The van der Waals surface area contributed by atoms with Gasteiger partial charge in [0.1, 0.15) is 5.82 Å². The molecule has 2 aromatic heterocycles. The average molecular weight is 455 g/mol. The van der Waals surface area contributed by atoms with Crippen molar-refractivity contribution in [1.82, 2.24) is 19.4 Å². The van der Waals surface area contributed by atoms with Crippen molar-refractivity contribution in [3.8, 4) is 0 Å². The highest BCUT2D eigenvalue weighted by molar-refractivity contribution is 6.33. The molecule has 0 unspecified atom stereocenters. The van der Waals surface area contributed by atoms with Crippen molar-refractivity contribution in [3.63, 3.8) is 0 Å². The van der Waals surface area contributed by atoms with E-state index in [4.69, 9.17) is 11.6 Å². The minimum absolute atomic E-state index is 0.0387. The van der Waals surface area contributed by atoms with Crippen molar-refractivity contribution >= 4 is 28.9 Å². The summed E-state index contributed by atoms with van der Waals surface area (Å²) in [4.78, 5) is 29.3. The van der Waals surface area contributed by atoms with Crippen LogP contribution in [-0.2, 0) is 0 Å². The lowest BCUT2D eigenvalue weighted by Crippen LogP contribution is -2.38. The number of carbonyl (C=O) groups excluding carboxylic acids is 2. The van der Waals surface area contributed by atoms with Crippen LogP contribution in [0.15, 0.2) is 42.7 Å². The SMILES string of the molecule is O=C(c1c(F)cccc1Cl)N1CCC(c2ccn3ncc(C(=O)N4CCCC4)c3c2)CC1. The standard InChI is InChI=1S/C24H24ClFN4O2/c25-19-4-3-5-20(26)22(19)24(32)29-11-6-16(7-12-29)17-8-13-30-21(14-17)18(15-27-30)23(31)28-9-1-2-10-28/h3-5,8,13-16H,1-2,6-7,9-12H2. The van der Waals surface area contributed by atoms with E-state index in [2.05, 4.69) is 5.10 Å². The molecule has 2 amide bonds. The number of piperidine rings is 1. The molecule has 32 heavy (non-hydrogen) atoms. The predicted molar refractivity (Wildman–Crippen MR) is 120 cm³/mol. The summed E-state index contributed by atoms with van der Waals surface area (Å²) in [5, 5.41) is 4.49. The van der Waals surface area contributed by atoms with E-state index in [0.717, 1.165) is 49.9 Å². The first-order valence-electron chi connectivity index (χ1n) is 11.0. The van der Waals surface area contributed by atoms with Gasteiger partial charge in [0, 0.05) is 32.4 Å². The summed E-state index contributed by atoms with van der Waals surface area (Å²) in [5.74, 6) is -0.663. The first-order valence-corrected chi connectivity index (χ1v) is 11.4. The van der Waals surface area contributed by atoms with E-state index in [-0.39, 0.29) is 28.3 Å². The van der Waals surface area contributed by atoms with Crippen molar-refractivity contribution in [2.75, 3.05) is 26.2 Å². The fourth-order valence-corrected chi connectivity index (χ4v) is 5.03. The fourth-order valence-electron chi connectivity index (χ4n) is 4.78. The molecule has 4 heterocycles. The zero-order chi connectivity index (χ0) is 22.2. The Morgan fingerprint density at radius 1 is 1.00 bits per heavy atom. The smallest absolute Gasteiger partial charge is 0.258 e. The number of nitrogens with zero attached hydrogens (tertiary/aromatic N) is 4. The van der Waals surface area contributed by atoms with Crippen LogP contribution < -0.4 is 0 Å². The van der Waals surface area contributed by atoms with Crippen molar-refractivity contribution < 1.29 is 14.0 Å². The lowest BCUT2D eigenvalue weighted by molar-refractivity contribution is 0.0707. The third-order valence-electron chi connectivity index (χ3n) is 6.60. The Morgan fingerprint density at radius 2 is 1.72 bits per heavy atom. The lowest BCUT2D eigenvalue weighted by Gasteiger charge is -2.32. The topological polar surface area (TPSA) is 57.9 Å². The monoisotopic (exact) mass is 454 g/mol. The maximum absolute atomic E-state index is 14.2. The van der Waals surface area contributed by atoms with Gasteiger partial charge >= 0.3 is 0 Å². The van der Waals surface area contributed by atoms with Gasteiger partial charge in [-0.25, -0.2) is 8.91 Å². The summed E-state index contributed by atoms with van der Waals surface area (Å²) in [6.07, 6.45) is 7.16. The zero-order valence-electron chi connectivity index (χ0n) is 17.6. The summed E-state index contributed by atoms with van der Waals surface area (Å²) < 4.78 is 15.9. The van der Waals surface area contributed by atoms with Crippen LogP contribution in [0.5, 0.6) is 0 Å². The van der Waals surface area contributed by atoms with Crippen LogP contribution in [0.25, 0.3) is 5.52 Å². The highest BCUT2D eigenvalue weighted by atomic mass is 35.5. The minimum atomic E-state index is -0.592. The Balaban J connectivity index is 1.32. The molecule has 2 saturated heterocycles. The third-order valence-corrected chi connectivity index (χ3v) is 6.91. The van der Waals surface area contributed by atoms with E-state index >= 15 is 0 Å². The highest BCUT2D eigenvalue weighted by Gasteiger charge is 2.28. The molecular weight excluding hydrogens is 431 g/mol. The van der Waals surface area contributed by atoms with Crippen molar-refractivity contribution in [2.45, 2.75) is 31.6 Å². The second-order valence-electron chi connectivity index (χ2n) is 8.51. The summed E-state index contributed by atoms with van der Waals surface area (Å²) >= 11 is 6.07. The van der Waals surface area contributed by atoms with Gasteiger partial charge in [-0.3, -0.25) is 9.59 Å². The number of hydrogen-bond donors (Lipinski definition) is 0. The molecule has 2 aliphatic rings. The van der Waals surface area contributed by atoms with Crippen molar-refractivity contribution in [1.29, 1.82) is 0 Å². The zero-order valence-corrected chi connectivity index (χ0v) is 18.4. The molecule has 8 heteroatoms. The van der Waals surface area contributed by atoms with E-state index in [1.807, 2.05) is 23.2 Å². The number of hydrogen-bond acceptors (Lipinski definition) is 3. The van der Waals surface area contributed by atoms with Crippen LogP contribution in [0.4, 0.5) is 4.39 Å². The average Bonchev–Trinajstić information content (AvgIpc) is 3.48. The van der Waals surface area contributed by atoms with Crippen LogP contribution in [0.2, 0.25) is 5.02 Å². The Bertz CT molecular complexity index is 1160. The number of amides is 2. The minimum Gasteiger partial charge on any atom is -0.339 e. The van der Waals surface area contributed by atoms with Gasteiger partial charge in [-0.2, -0.15) is 5.10 Å². The predicted octanol–water partition coefficient (Wildman–Crippen LogP) is 4.38. The van der Waals surface area contributed by atoms with Crippen LogP contribution in [-0.4, -0.2) is 57.4 Å². The molecule has 2 fully saturated rings. The number of aromatic nitrogens is 2. The molecule has 0 spiro atoms. The molecule has 0 atom stereocenters. The number of halogens is 2. The van der Waals surface area contributed by atoms with Gasteiger partial charge in [-0.15, -0.1) is 0 Å². The number of likely N-dealkylation sites (tertiary alicyclic amines) is 2. The molecular formula is C24H24ClFN4O2. The summed E-state index contributed by atoms with van der Waals surface area (Å²) in [6, 6.07) is 8.36. The van der Waals surface area contributed by atoms with Crippen molar-refractivity contribution in [2.24, 2.45) is 0 Å². The van der Waals surface area contributed by atoms with E-state index < -0.39 is 5.82 Å². The summed E-state index contributed by atoms with van der Waals surface area (Å²) in [6.45, 7) is 2.65. The Labute approximate surface area is 190 Å². The Kier molecular flexibility index (Phi) is 5.59. The van der Waals surface area contributed by atoms with Gasteiger partial charge in [0.25, 0.3) is 11.8 Å². The maximum atomic E-state index is 14.2. The molecule has 5 rings (SSSR count). The molecule has 6 nitrogen and oxygen atoms in total. The maximum Gasteiger partial charge on any atom is 0.258 e. The van der Waals surface area contributed by atoms with Crippen LogP contribution in [0, 0.1) is 5.82 Å². The fraction of sp³-hybridized carbons (Fsp3) is 0.375. The van der Waals surface area contributed by atoms with E-state index in [9.17, 15) is 14.0 Å². The third kappa shape index (κ3) is 3.75. The van der Waals surface area contributed by atoms with E-state index in [1.54, 1.807) is 15.6 Å². The van der Waals surface area contributed by atoms with E-state index in [1.165, 1.54) is 18.2 Å². The Hall–Kier alpha value is -2.93. The van der Waals surface area contributed by atoms with Gasteiger partial charge in [0.05, 0.1) is 27.9 Å². The second kappa shape index (κ2) is 8.54. The molecule has 0 radical (unpaired) electrons. The molecule has 0 bridgehead atoms. The first kappa shape index (κ1) is 20.9. The first-order chi connectivity index (χ1) is 15.5. The molecule has 166 valence electrons. The van der Waals surface area contributed by atoms with E-state index in [0.29, 0.717) is 18.7 Å². The number of pyridine rings is 1. The quantitative estimate of drug-likeness (QED) is 0.590. The van der Waals surface area contributed by atoms with Crippen LogP contribution >= 0.6 is 11.6 Å². The van der Waals surface area contributed by atoms with Gasteiger partial charge in [0.2, 0.25) is 0 Å². The molecule has 2 aliphatic heterocycles. The summed E-state index contributed by atoms with van der Waals surface area (Å²) in [5.41, 5.74) is 2.52. The molecule has 3 aromatic rings. The number of carbonyl (C=O) groups is 2. The lowest BCUT2D eigenvalue weighted by atomic mass is 9.89. The molecule has 0 aliphatic carbocycles. The molecule has 1 aromatic carbocycles. The van der Waals surface area contributed by atoms with Gasteiger partial charge in [-0.05, 0) is 61.4 Å².